The molecule has 6 heteroatoms. The lowest BCUT2D eigenvalue weighted by Gasteiger charge is -2.09. The first-order chi connectivity index (χ1) is 8.58. The van der Waals surface area contributed by atoms with Gasteiger partial charge in [-0.3, -0.25) is 0 Å². The Labute approximate surface area is 113 Å². The van der Waals surface area contributed by atoms with Crippen molar-refractivity contribution >= 4 is 40.7 Å². The minimum Gasteiger partial charge on any atom is -0.478 e. The van der Waals surface area contributed by atoms with Crippen LogP contribution in [0, 0.1) is 0 Å². The minimum absolute atomic E-state index is 0.133. The number of hydrogen-bond acceptors (Lipinski definition) is 3. The van der Waals surface area contributed by atoms with Crippen LogP contribution < -0.4 is 5.32 Å². The number of carbonyl (C=O) groups is 1. The van der Waals surface area contributed by atoms with Crippen LogP contribution in [0.1, 0.15) is 10.4 Å². The molecule has 1 aromatic heterocycles. The standard InChI is InChI=1S/C12H8Cl2N2O2/c13-8-4-3-7(12(17)18)6-10(8)16-11-9(14)2-1-5-15-11/h1-6H,(H,15,16)(H,17,18). The van der Waals surface area contributed by atoms with Crippen molar-refractivity contribution in [2.24, 2.45) is 0 Å². The summed E-state index contributed by atoms with van der Waals surface area (Å²) in [6, 6.07) is 7.73. The van der Waals surface area contributed by atoms with Crippen molar-refractivity contribution in [1.82, 2.24) is 4.98 Å². The van der Waals surface area contributed by atoms with E-state index in [9.17, 15) is 4.79 Å². The van der Waals surface area contributed by atoms with E-state index in [1.54, 1.807) is 18.3 Å². The molecule has 4 nitrogen and oxygen atoms in total. The third-order valence-corrected chi connectivity index (χ3v) is 2.86. The predicted octanol–water partition coefficient (Wildman–Crippen LogP) is 3.83. The summed E-state index contributed by atoms with van der Waals surface area (Å²) in [5.41, 5.74) is 0.575. The van der Waals surface area contributed by atoms with Crippen molar-refractivity contribution in [2.45, 2.75) is 0 Å². The van der Waals surface area contributed by atoms with Gasteiger partial charge in [-0.1, -0.05) is 23.2 Å². The van der Waals surface area contributed by atoms with Crippen molar-refractivity contribution in [2.75, 3.05) is 5.32 Å². The Balaban J connectivity index is 2.37. The molecule has 1 heterocycles. The summed E-state index contributed by atoms with van der Waals surface area (Å²) in [7, 11) is 0. The number of hydrogen-bond donors (Lipinski definition) is 2. The fourth-order valence-corrected chi connectivity index (χ4v) is 1.69. The molecule has 0 aliphatic rings. The van der Waals surface area contributed by atoms with Crippen LogP contribution in [0.3, 0.4) is 0 Å². The van der Waals surface area contributed by atoms with E-state index in [1.807, 2.05) is 0 Å². The number of pyridine rings is 1. The summed E-state index contributed by atoms with van der Waals surface area (Å²) in [6.07, 6.45) is 1.57. The van der Waals surface area contributed by atoms with Gasteiger partial charge in [-0.25, -0.2) is 9.78 Å². The second-order valence-corrected chi connectivity index (χ2v) is 4.27. The fraction of sp³-hybridized carbons (Fsp3) is 0. The molecule has 0 unspecified atom stereocenters. The van der Waals surface area contributed by atoms with Crippen LogP contribution in [0.5, 0.6) is 0 Å². The molecule has 2 rings (SSSR count). The van der Waals surface area contributed by atoms with Gasteiger partial charge in [0.2, 0.25) is 0 Å². The molecule has 1 aromatic carbocycles. The quantitative estimate of drug-likeness (QED) is 0.898. The van der Waals surface area contributed by atoms with Crippen LogP contribution in [0.15, 0.2) is 36.5 Å². The summed E-state index contributed by atoms with van der Waals surface area (Å²) < 4.78 is 0. The summed E-state index contributed by atoms with van der Waals surface area (Å²) in [5.74, 6) is -0.606. The van der Waals surface area contributed by atoms with E-state index in [0.29, 0.717) is 21.6 Å². The van der Waals surface area contributed by atoms with E-state index < -0.39 is 5.97 Å². The highest BCUT2D eigenvalue weighted by Gasteiger charge is 2.09. The normalized spacial score (nSPS) is 10.1. The lowest BCUT2D eigenvalue weighted by atomic mass is 10.2. The number of carboxylic acids is 1. The Bertz CT molecular complexity index is 602. The monoisotopic (exact) mass is 282 g/mol. The molecule has 0 aliphatic heterocycles. The largest absolute Gasteiger partial charge is 0.478 e. The molecule has 0 atom stereocenters. The van der Waals surface area contributed by atoms with Gasteiger partial charge in [-0.05, 0) is 30.3 Å². The van der Waals surface area contributed by atoms with Gasteiger partial charge in [0.05, 0.1) is 21.3 Å². The van der Waals surface area contributed by atoms with Crippen molar-refractivity contribution < 1.29 is 9.90 Å². The van der Waals surface area contributed by atoms with E-state index in [-0.39, 0.29) is 5.56 Å². The predicted molar refractivity (Wildman–Crippen MR) is 70.9 cm³/mol. The van der Waals surface area contributed by atoms with Crippen molar-refractivity contribution in [1.29, 1.82) is 0 Å². The number of aromatic carboxylic acids is 1. The van der Waals surface area contributed by atoms with E-state index in [4.69, 9.17) is 28.3 Å². The number of nitrogens with zero attached hydrogens (tertiary/aromatic N) is 1. The lowest BCUT2D eigenvalue weighted by molar-refractivity contribution is 0.0697. The summed E-state index contributed by atoms with van der Waals surface area (Å²) in [6.45, 7) is 0. The van der Waals surface area contributed by atoms with E-state index in [2.05, 4.69) is 10.3 Å². The average molecular weight is 283 g/mol. The third-order valence-electron chi connectivity index (χ3n) is 2.22. The second kappa shape index (κ2) is 5.25. The molecule has 18 heavy (non-hydrogen) atoms. The summed E-state index contributed by atoms with van der Waals surface area (Å²) in [5, 5.41) is 12.6. The molecule has 2 aromatic rings. The Morgan fingerprint density at radius 1 is 1.22 bits per heavy atom. The first-order valence-electron chi connectivity index (χ1n) is 4.98. The van der Waals surface area contributed by atoms with E-state index >= 15 is 0 Å². The number of carboxylic acid groups (broad SMARTS) is 1. The second-order valence-electron chi connectivity index (χ2n) is 3.46. The molecular weight excluding hydrogens is 275 g/mol. The van der Waals surface area contributed by atoms with Crippen LogP contribution in [-0.4, -0.2) is 16.1 Å². The number of anilines is 2. The zero-order valence-corrected chi connectivity index (χ0v) is 10.5. The number of halogens is 2. The highest BCUT2D eigenvalue weighted by atomic mass is 35.5. The highest BCUT2D eigenvalue weighted by Crippen LogP contribution is 2.28. The van der Waals surface area contributed by atoms with Gasteiger partial charge in [-0.2, -0.15) is 0 Å². The van der Waals surface area contributed by atoms with Gasteiger partial charge in [0, 0.05) is 6.20 Å². The highest BCUT2D eigenvalue weighted by molar-refractivity contribution is 6.34. The first-order valence-corrected chi connectivity index (χ1v) is 5.74. The van der Waals surface area contributed by atoms with Crippen LogP contribution in [0.25, 0.3) is 0 Å². The van der Waals surface area contributed by atoms with Crippen molar-refractivity contribution in [3.63, 3.8) is 0 Å². The number of rotatable bonds is 3. The smallest absolute Gasteiger partial charge is 0.335 e. The van der Waals surface area contributed by atoms with Gasteiger partial charge < -0.3 is 10.4 Å². The maximum Gasteiger partial charge on any atom is 0.335 e. The van der Waals surface area contributed by atoms with E-state index in [1.165, 1.54) is 18.2 Å². The molecule has 0 radical (unpaired) electrons. The number of aromatic nitrogens is 1. The molecule has 92 valence electrons. The lowest BCUT2D eigenvalue weighted by Crippen LogP contribution is -2.00. The van der Waals surface area contributed by atoms with E-state index in [0.717, 1.165) is 0 Å². The molecule has 0 amide bonds. The Morgan fingerprint density at radius 3 is 2.67 bits per heavy atom. The Morgan fingerprint density at radius 2 is 2.00 bits per heavy atom. The topological polar surface area (TPSA) is 62.2 Å². The van der Waals surface area contributed by atoms with Gasteiger partial charge in [0.1, 0.15) is 5.82 Å². The van der Waals surface area contributed by atoms with Crippen LogP contribution in [0.2, 0.25) is 10.0 Å². The molecular formula is C12H8Cl2N2O2. The fourth-order valence-electron chi connectivity index (χ4n) is 1.36. The summed E-state index contributed by atoms with van der Waals surface area (Å²) in [4.78, 5) is 14.9. The molecule has 0 spiro atoms. The van der Waals surface area contributed by atoms with Gasteiger partial charge in [-0.15, -0.1) is 0 Å². The van der Waals surface area contributed by atoms with Crippen LogP contribution in [-0.2, 0) is 0 Å². The van der Waals surface area contributed by atoms with Crippen LogP contribution in [0.4, 0.5) is 11.5 Å². The third kappa shape index (κ3) is 2.72. The maximum atomic E-state index is 10.9. The SMILES string of the molecule is O=C(O)c1ccc(Cl)c(Nc2ncccc2Cl)c1. The molecule has 0 bridgehead atoms. The van der Waals surface area contributed by atoms with Gasteiger partial charge >= 0.3 is 5.97 Å². The number of benzene rings is 1. The minimum atomic E-state index is -1.03. The number of nitrogens with one attached hydrogen (secondary N) is 1. The zero-order valence-electron chi connectivity index (χ0n) is 9.02. The van der Waals surface area contributed by atoms with Gasteiger partial charge in [0.25, 0.3) is 0 Å². The molecule has 0 fully saturated rings. The molecule has 0 saturated heterocycles. The summed E-state index contributed by atoms with van der Waals surface area (Å²) >= 11 is 11.9. The first kappa shape index (κ1) is 12.7. The Kier molecular flexibility index (Phi) is 3.69. The maximum absolute atomic E-state index is 10.9. The van der Waals surface area contributed by atoms with Crippen LogP contribution >= 0.6 is 23.2 Å². The Hall–Kier alpha value is -1.78. The average Bonchev–Trinajstić information content (AvgIpc) is 2.34. The van der Waals surface area contributed by atoms with Gasteiger partial charge in [0.15, 0.2) is 0 Å². The van der Waals surface area contributed by atoms with Crippen molar-refractivity contribution in [3.8, 4) is 0 Å². The molecule has 0 aliphatic carbocycles. The molecule has 0 saturated carbocycles. The zero-order chi connectivity index (χ0) is 13.1. The molecule has 2 N–H and O–H groups in total. The van der Waals surface area contributed by atoms with Crippen molar-refractivity contribution in [3.05, 3.63) is 52.1 Å².